The summed E-state index contributed by atoms with van der Waals surface area (Å²) in [6.07, 6.45) is 0. The van der Waals surface area contributed by atoms with Crippen LogP contribution >= 0.6 is 15.9 Å². The van der Waals surface area contributed by atoms with Crippen molar-refractivity contribution < 1.29 is 4.79 Å². The second-order valence-corrected chi connectivity index (χ2v) is 4.82. The Hall–Kier alpha value is -1.36. The maximum Gasteiger partial charge on any atom is 0.249 e. The van der Waals surface area contributed by atoms with Crippen molar-refractivity contribution in [3.8, 4) is 0 Å². The van der Waals surface area contributed by atoms with E-state index in [1.807, 2.05) is 30.0 Å². The third-order valence-corrected chi connectivity index (χ3v) is 3.75. The van der Waals surface area contributed by atoms with E-state index in [1.165, 1.54) is 0 Å². The largest absolute Gasteiger partial charge is 0.326 e. The van der Waals surface area contributed by atoms with Gasteiger partial charge < -0.3 is 4.90 Å². The summed E-state index contributed by atoms with van der Waals surface area (Å²) in [6.45, 7) is 2.61. The van der Waals surface area contributed by atoms with E-state index in [0.29, 0.717) is 5.96 Å². The highest BCUT2D eigenvalue weighted by atomic mass is 79.9. The quantitative estimate of drug-likeness (QED) is 0.787. The van der Waals surface area contributed by atoms with Crippen molar-refractivity contribution >= 4 is 33.5 Å². The van der Waals surface area contributed by atoms with Crippen LogP contribution in [0, 0.1) is 0 Å². The van der Waals surface area contributed by atoms with E-state index in [4.69, 9.17) is 0 Å². The lowest BCUT2D eigenvalue weighted by atomic mass is 10.1. The van der Waals surface area contributed by atoms with Crippen LogP contribution in [-0.2, 0) is 11.3 Å². The first-order chi connectivity index (χ1) is 7.66. The Bertz CT molecular complexity index is 512. The molecule has 1 saturated heterocycles. The number of benzene rings is 1. The highest BCUT2D eigenvalue weighted by Crippen LogP contribution is 2.33. The predicted octanol–water partition coefficient (Wildman–Crippen LogP) is 1.77. The van der Waals surface area contributed by atoms with Crippen molar-refractivity contribution in [3.63, 3.8) is 0 Å². The SMILES string of the molecule is C[C@@H]1C(=O)NC2=Nc3cccc(Br)c3CN21. The van der Waals surface area contributed by atoms with Crippen LogP contribution in [0.2, 0.25) is 0 Å². The molecule has 16 heavy (non-hydrogen) atoms. The molecule has 1 amide bonds. The number of rotatable bonds is 0. The highest BCUT2D eigenvalue weighted by Gasteiger charge is 2.36. The second kappa shape index (κ2) is 3.31. The molecule has 0 radical (unpaired) electrons. The average molecular weight is 280 g/mol. The van der Waals surface area contributed by atoms with E-state index in [2.05, 4.69) is 26.2 Å². The van der Waals surface area contributed by atoms with Gasteiger partial charge in [-0.2, -0.15) is 0 Å². The Morgan fingerprint density at radius 2 is 2.38 bits per heavy atom. The summed E-state index contributed by atoms with van der Waals surface area (Å²) in [4.78, 5) is 18.0. The number of amides is 1. The van der Waals surface area contributed by atoms with Gasteiger partial charge in [0.2, 0.25) is 11.9 Å². The monoisotopic (exact) mass is 279 g/mol. The van der Waals surface area contributed by atoms with Crippen LogP contribution in [0.3, 0.4) is 0 Å². The van der Waals surface area contributed by atoms with E-state index in [1.54, 1.807) is 0 Å². The van der Waals surface area contributed by atoms with E-state index in [-0.39, 0.29) is 11.9 Å². The Kier molecular flexibility index (Phi) is 2.04. The van der Waals surface area contributed by atoms with Gasteiger partial charge in [0.15, 0.2) is 0 Å². The third kappa shape index (κ3) is 1.28. The molecule has 3 rings (SSSR count). The van der Waals surface area contributed by atoms with Gasteiger partial charge in [0.1, 0.15) is 6.04 Å². The fourth-order valence-electron chi connectivity index (χ4n) is 2.01. The fourth-order valence-corrected chi connectivity index (χ4v) is 2.49. The number of halogens is 1. The number of nitrogens with one attached hydrogen (secondary N) is 1. The van der Waals surface area contributed by atoms with Crippen molar-refractivity contribution in [2.75, 3.05) is 0 Å². The zero-order valence-corrected chi connectivity index (χ0v) is 10.3. The first-order valence-corrected chi connectivity index (χ1v) is 5.89. The molecule has 1 fully saturated rings. The van der Waals surface area contributed by atoms with Crippen molar-refractivity contribution in [1.29, 1.82) is 0 Å². The number of hydrogen-bond donors (Lipinski definition) is 1. The van der Waals surface area contributed by atoms with Crippen molar-refractivity contribution in [1.82, 2.24) is 10.2 Å². The van der Waals surface area contributed by atoms with Gasteiger partial charge >= 0.3 is 0 Å². The summed E-state index contributed by atoms with van der Waals surface area (Å²) in [5, 5.41) is 2.79. The van der Waals surface area contributed by atoms with Crippen LogP contribution in [-0.4, -0.2) is 22.8 Å². The maximum atomic E-state index is 11.5. The summed E-state index contributed by atoms with van der Waals surface area (Å²) in [7, 11) is 0. The first kappa shape index (κ1) is 9.84. The van der Waals surface area contributed by atoms with Gasteiger partial charge in [-0.3, -0.25) is 10.1 Å². The molecule has 0 bridgehead atoms. The molecule has 0 aliphatic carbocycles. The van der Waals surface area contributed by atoms with Crippen molar-refractivity contribution in [2.45, 2.75) is 19.5 Å². The number of nitrogens with zero attached hydrogens (tertiary/aromatic N) is 2. The molecule has 0 spiro atoms. The predicted molar refractivity (Wildman–Crippen MR) is 64.4 cm³/mol. The zero-order valence-electron chi connectivity index (χ0n) is 8.70. The minimum absolute atomic E-state index is 0.0164. The molecule has 0 saturated carbocycles. The molecule has 2 heterocycles. The molecule has 4 nitrogen and oxygen atoms in total. The molecule has 1 N–H and O–H groups in total. The van der Waals surface area contributed by atoms with Gasteiger partial charge in [0.05, 0.1) is 5.69 Å². The standard InChI is InChI=1S/C11H10BrN3O/c1-6-10(16)14-11-13-9-4-2-3-8(12)7(9)5-15(6)11/h2-4,6H,5H2,1H3,(H,13,14,16)/t6-/m1/s1. The van der Waals surface area contributed by atoms with Gasteiger partial charge in [-0.05, 0) is 19.1 Å². The lowest BCUT2D eigenvalue weighted by Crippen LogP contribution is -2.35. The summed E-state index contributed by atoms with van der Waals surface area (Å²) in [5.41, 5.74) is 2.06. The molecule has 5 heteroatoms. The van der Waals surface area contributed by atoms with E-state index in [0.717, 1.165) is 22.3 Å². The molecule has 0 unspecified atom stereocenters. The molecule has 82 valence electrons. The summed E-state index contributed by atoms with van der Waals surface area (Å²) >= 11 is 3.51. The Labute approximate surface area is 101 Å². The summed E-state index contributed by atoms with van der Waals surface area (Å²) < 4.78 is 1.04. The topological polar surface area (TPSA) is 44.7 Å². The number of carbonyl (C=O) groups excluding carboxylic acids is 1. The maximum absolute atomic E-state index is 11.5. The van der Waals surface area contributed by atoms with Gasteiger partial charge in [-0.15, -0.1) is 0 Å². The van der Waals surface area contributed by atoms with Crippen LogP contribution in [0.5, 0.6) is 0 Å². The fraction of sp³-hybridized carbons (Fsp3) is 0.273. The van der Waals surface area contributed by atoms with Crippen LogP contribution in [0.25, 0.3) is 0 Å². The number of hydrogen-bond acceptors (Lipinski definition) is 3. The molecule has 1 aromatic rings. The lowest BCUT2D eigenvalue weighted by Gasteiger charge is -2.26. The number of guanidine groups is 1. The van der Waals surface area contributed by atoms with Crippen LogP contribution in [0.15, 0.2) is 27.7 Å². The Morgan fingerprint density at radius 1 is 1.56 bits per heavy atom. The molecule has 2 aliphatic heterocycles. The molecule has 2 aliphatic rings. The molecular formula is C11H10BrN3O. The summed E-state index contributed by atoms with van der Waals surface area (Å²) in [5.74, 6) is 0.686. The van der Waals surface area contributed by atoms with Gasteiger partial charge in [0, 0.05) is 16.6 Å². The highest BCUT2D eigenvalue weighted by molar-refractivity contribution is 9.10. The number of carbonyl (C=O) groups is 1. The van der Waals surface area contributed by atoms with Gasteiger partial charge in [-0.1, -0.05) is 22.0 Å². The lowest BCUT2D eigenvalue weighted by molar-refractivity contribution is -0.121. The molecular weight excluding hydrogens is 270 g/mol. The Balaban J connectivity index is 2.11. The van der Waals surface area contributed by atoms with E-state index >= 15 is 0 Å². The van der Waals surface area contributed by atoms with Crippen LogP contribution in [0.1, 0.15) is 12.5 Å². The first-order valence-electron chi connectivity index (χ1n) is 5.10. The Morgan fingerprint density at radius 3 is 3.19 bits per heavy atom. The number of fused-ring (bicyclic) bond motifs is 2. The summed E-state index contributed by atoms with van der Waals surface area (Å²) in [6, 6.07) is 5.76. The zero-order chi connectivity index (χ0) is 11.3. The van der Waals surface area contributed by atoms with Crippen molar-refractivity contribution in [3.05, 3.63) is 28.2 Å². The molecule has 1 atom stereocenters. The second-order valence-electron chi connectivity index (χ2n) is 3.97. The normalized spacial score (nSPS) is 22.4. The van der Waals surface area contributed by atoms with Crippen molar-refractivity contribution in [2.24, 2.45) is 4.99 Å². The number of aliphatic imine (C=N–C) groups is 1. The van der Waals surface area contributed by atoms with Gasteiger partial charge in [0.25, 0.3) is 0 Å². The smallest absolute Gasteiger partial charge is 0.249 e. The van der Waals surface area contributed by atoms with Crippen LogP contribution in [0.4, 0.5) is 5.69 Å². The average Bonchev–Trinajstić information content (AvgIpc) is 2.53. The minimum Gasteiger partial charge on any atom is -0.326 e. The van der Waals surface area contributed by atoms with E-state index < -0.39 is 0 Å². The molecule has 0 aromatic heterocycles. The molecule has 1 aromatic carbocycles. The van der Waals surface area contributed by atoms with Gasteiger partial charge in [-0.25, -0.2) is 4.99 Å². The van der Waals surface area contributed by atoms with Crippen LogP contribution < -0.4 is 5.32 Å². The van der Waals surface area contributed by atoms with E-state index in [9.17, 15) is 4.79 Å². The third-order valence-electron chi connectivity index (χ3n) is 3.00. The minimum atomic E-state index is -0.140.